The summed E-state index contributed by atoms with van der Waals surface area (Å²) >= 11 is 6.06. The lowest BCUT2D eigenvalue weighted by Gasteiger charge is -2.14. The molecule has 0 atom stereocenters. The predicted octanol–water partition coefficient (Wildman–Crippen LogP) is 4.04. The predicted molar refractivity (Wildman–Crippen MR) is 123 cm³/mol. The van der Waals surface area contributed by atoms with Crippen LogP contribution >= 0.6 is 11.6 Å². The van der Waals surface area contributed by atoms with Crippen LogP contribution in [-0.4, -0.2) is 41.2 Å². The van der Waals surface area contributed by atoms with Gasteiger partial charge in [0.2, 0.25) is 0 Å². The van der Waals surface area contributed by atoms with Crippen LogP contribution < -0.4 is 10.9 Å². The molecule has 9 nitrogen and oxygen atoms in total. The van der Waals surface area contributed by atoms with Crippen LogP contribution in [0.15, 0.2) is 58.3 Å². The molecular weight excluding hydrogens is 448 g/mol. The maximum absolute atomic E-state index is 13.0. The minimum Gasteiger partial charge on any atom is -0.453 e. The van der Waals surface area contributed by atoms with Crippen molar-refractivity contribution in [1.82, 2.24) is 9.55 Å². The summed E-state index contributed by atoms with van der Waals surface area (Å²) < 4.78 is 11.1. The summed E-state index contributed by atoms with van der Waals surface area (Å²) in [6.07, 6.45) is -1.27. The molecule has 168 valence electrons. The Morgan fingerprint density at radius 2 is 2.03 bits per heavy atom. The fourth-order valence-corrected chi connectivity index (χ4v) is 3.61. The van der Waals surface area contributed by atoms with Crippen molar-refractivity contribution >= 4 is 35.2 Å². The summed E-state index contributed by atoms with van der Waals surface area (Å²) in [6.45, 7) is 2.13. The molecule has 33 heavy (non-hydrogen) atoms. The molecule has 0 fully saturated rings. The number of rotatable bonds is 5. The van der Waals surface area contributed by atoms with E-state index in [4.69, 9.17) is 16.3 Å². The number of nitrogens with zero attached hydrogens (tertiary/aromatic N) is 3. The van der Waals surface area contributed by atoms with Gasteiger partial charge in [-0.3, -0.25) is 14.7 Å². The number of ether oxygens (including phenoxy) is 2. The van der Waals surface area contributed by atoms with E-state index in [1.807, 2.05) is 24.3 Å². The Morgan fingerprint density at radius 3 is 2.73 bits per heavy atom. The lowest BCUT2D eigenvalue weighted by Crippen LogP contribution is -2.24. The molecule has 0 saturated carbocycles. The number of aliphatic imine (C=N–C) groups is 1. The number of amides is 2. The van der Waals surface area contributed by atoms with E-state index in [1.165, 1.54) is 17.7 Å². The normalized spacial score (nSPS) is 12.8. The molecule has 0 spiro atoms. The highest BCUT2D eigenvalue weighted by molar-refractivity contribution is 6.31. The minimum absolute atomic E-state index is 0.126. The van der Waals surface area contributed by atoms with Gasteiger partial charge in [-0.1, -0.05) is 29.8 Å². The van der Waals surface area contributed by atoms with Gasteiger partial charge in [-0.25, -0.2) is 14.6 Å². The zero-order valence-electron chi connectivity index (χ0n) is 17.8. The Hall–Kier alpha value is -3.98. The number of carbonyl (C=O) groups is 2. The van der Waals surface area contributed by atoms with Crippen LogP contribution in [0.5, 0.6) is 0 Å². The molecule has 2 amide bonds. The van der Waals surface area contributed by atoms with Gasteiger partial charge in [0.05, 0.1) is 30.7 Å². The molecule has 10 heteroatoms. The van der Waals surface area contributed by atoms with Gasteiger partial charge in [0.1, 0.15) is 12.4 Å². The average Bonchev–Trinajstić information content (AvgIpc) is 3.23. The fraction of sp³-hybridized carbons (Fsp3) is 0.174. The first-order chi connectivity index (χ1) is 15.8. The molecule has 1 N–H and O–H groups in total. The number of benzene rings is 2. The smallest absolute Gasteiger partial charge is 0.434 e. The molecule has 1 aliphatic rings. The maximum Gasteiger partial charge on any atom is 0.434 e. The standard InChI is InChI=1S/C23H19ClN4O5/c1-13-25-19(17-7-6-16(24)9-18(17)26-22(30)32-2)10-21(29)28(13)11-14-4-3-5-15(8-14)20-12-33-23(31)27-20/h3-10H,11-12H2,1-2H3,(H,26,30). The maximum atomic E-state index is 13.0. The van der Waals surface area contributed by atoms with Crippen LogP contribution in [0.2, 0.25) is 5.02 Å². The highest BCUT2D eigenvalue weighted by atomic mass is 35.5. The van der Waals surface area contributed by atoms with E-state index in [0.29, 0.717) is 33.5 Å². The van der Waals surface area contributed by atoms with Gasteiger partial charge in [-0.2, -0.15) is 4.99 Å². The third-order valence-electron chi connectivity index (χ3n) is 5.04. The number of anilines is 1. The minimum atomic E-state index is -0.664. The Morgan fingerprint density at radius 1 is 1.21 bits per heavy atom. The number of hydrogen-bond donors (Lipinski definition) is 1. The van der Waals surface area contributed by atoms with E-state index in [9.17, 15) is 14.4 Å². The summed E-state index contributed by atoms with van der Waals surface area (Å²) in [5, 5.41) is 3.00. The molecule has 0 radical (unpaired) electrons. The van der Waals surface area contributed by atoms with Crippen LogP contribution in [0, 0.1) is 6.92 Å². The van der Waals surface area contributed by atoms with E-state index in [2.05, 4.69) is 20.0 Å². The number of nitrogens with one attached hydrogen (secondary N) is 1. The van der Waals surface area contributed by atoms with Gasteiger partial charge in [0.15, 0.2) is 0 Å². The molecule has 1 aromatic heterocycles. The van der Waals surface area contributed by atoms with Crippen LogP contribution in [0.3, 0.4) is 0 Å². The van der Waals surface area contributed by atoms with Crippen LogP contribution in [0.25, 0.3) is 11.3 Å². The number of hydrogen-bond acceptors (Lipinski definition) is 6. The molecule has 0 aliphatic carbocycles. The van der Waals surface area contributed by atoms with Crippen LogP contribution in [-0.2, 0) is 16.0 Å². The molecular formula is C23H19ClN4O5. The lowest BCUT2D eigenvalue weighted by molar-refractivity contribution is 0.181. The Balaban J connectivity index is 1.66. The topological polar surface area (TPSA) is 112 Å². The van der Waals surface area contributed by atoms with Crippen molar-refractivity contribution < 1.29 is 19.1 Å². The number of aryl methyl sites for hydroxylation is 1. The first kappa shape index (κ1) is 22.2. The van der Waals surface area contributed by atoms with Gasteiger partial charge >= 0.3 is 12.2 Å². The van der Waals surface area contributed by atoms with Crippen molar-refractivity contribution in [3.05, 3.63) is 80.9 Å². The zero-order valence-corrected chi connectivity index (χ0v) is 18.5. The second-order valence-electron chi connectivity index (χ2n) is 7.23. The second kappa shape index (κ2) is 9.25. The molecule has 0 saturated heterocycles. The van der Waals surface area contributed by atoms with Crippen molar-refractivity contribution in [3.8, 4) is 11.3 Å². The highest BCUT2D eigenvalue weighted by Crippen LogP contribution is 2.29. The van der Waals surface area contributed by atoms with E-state index in [0.717, 1.165) is 11.1 Å². The number of carbonyl (C=O) groups excluding carboxylic acids is 2. The van der Waals surface area contributed by atoms with Crippen molar-refractivity contribution in [3.63, 3.8) is 0 Å². The number of aromatic nitrogens is 2. The van der Waals surface area contributed by atoms with Crippen molar-refractivity contribution in [1.29, 1.82) is 0 Å². The third kappa shape index (κ3) is 4.93. The molecule has 1 aliphatic heterocycles. The van der Waals surface area contributed by atoms with Crippen LogP contribution in [0.1, 0.15) is 17.0 Å². The molecule has 2 heterocycles. The van der Waals surface area contributed by atoms with Crippen molar-refractivity contribution in [2.24, 2.45) is 4.99 Å². The largest absolute Gasteiger partial charge is 0.453 e. The van der Waals surface area contributed by atoms with Crippen molar-refractivity contribution in [2.75, 3.05) is 19.0 Å². The molecule has 0 bridgehead atoms. The van der Waals surface area contributed by atoms with Gasteiger partial charge in [0, 0.05) is 22.2 Å². The lowest BCUT2D eigenvalue weighted by atomic mass is 10.1. The summed E-state index contributed by atoms with van der Waals surface area (Å²) in [5.41, 5.74) is 3.18. The van der Waals surface area contributed by atoms with Gasteiger partial charge in [-0.15, -0.1) is 0 Å². The van der Waals surface area contributed by atoms with E-state index in [-0.39, 0.29) is 18.7 Å². The second-order valence-corrected chi connectivity index (χ2v) is 7.67. The van der Waals surface area contributed by atoms with E-state index < -0.39 is 12.2 Å². The zero-order chi connectivity index (χ0) is 23.5. The Bertz CT molecular complexity index is 1350. The Kier molecular flexibility index (Phi) is 6.23. The van der Waals surface area contributed by atoms with Crippen molar-refractivity contribution in [2.45, 2.75) is 13.5 Å². The van der Waals surface area contributed by atoms with E-state index in [1.54, 1.807) is 25.1 Å². The summed E-state index contributed by atoms with van der Waals surface area (Å²) in [4.78, 5) is 44.4. The third-order valence-corrected chi connectivity index (χ3v) is 5.27. The van der Waals surface area contributed by atoms with Gasteiger partial charge < -0.3 is 9.47 Å². The number of halogens is 1. The Labute approximate surface area is 193 Å². The SMILES string of the molecule is COC(=O)Nc1cc(Cl)ccc1-c1cc(=O)n(Cc2cccc(C3=NC(=O)OC3)c2)c(C)n1. The highest BCUT2D eigenvalue weighted by Gasteiger charge is 2.17. The fourth-order valence-electron chi connectivity index (χ4n) is 3.44. The molecule has 2 aromatic carbocycles. The van der Waals surface area contributed by atoms with E-state index >= 15 is 0 Å². The quantitative estimate of drug-likeness (QED) is 0.607. The van der Waals surface area contributed by atoms with Gasteiger partial charge in [-0.05, 0) is 36.8 Å². The first-order valence-corrected chi connectivity index (χ1v) is 10.3. The molecule has 3 aromatic rings. The number of cyclic esters (lactones) is 1. The molecule has 0 unspecified atom stereocenters. The summed E-state index contributed by atoms with van der Waals surface area (Å²) in [6, 6.07) is 13.7. The first-order valence-electron chi connectivity index (χ1n) is 9.91. The monoisotopic (exact) mass is 466 g/mol. The average molecular weight is 467 g/mol. The summed E-state index contributed by atoms with van der Waals surface area (Å²) in [5.74, 6) is 0.485. The molecule has 4 rings (SSSR count). The van der Waals surface area contributed by atoms with Crippen LogP contribution in [0.4, 0.5) is 15.3 Å². The summed E-state index contributed by atoms with van der Waals surface area (Å²) in [7, 11) is 1.25. The number of methoxy groups -OCH3 is 1. The van der Waals surface area contributed by atoms with Gasteiger partial charge in [0.25, 0.3) is 5.56 Å².